The molecule has 0 aliphatic carbocycles. The zero-order valence-electron chi connectivity index (χ0n) is 56.6. The van der Waals surface area contributed by atoms with Crippen molar-refractivity contribution in [2.75, 3.05) is 0 Å². The lowest BCUT2D eigenvalue weighted by atomic mass is 9.94. The van der Waals surface area contributed by atoms with E-state index in [-0.39, 0.29) is 0 Å². The molecule has 490 valence electrons. The van der Waals surface area contributed by atoms with Crippen LogP contribution in [0, 0.1) is 0 Å². The van der Waals surface area contributed by atoms with Crippen LogP contribution in [-0.4, -0.2) is 38.2 Å². The van der Waals surface area contributed by atoms with E-state index in [0.29, 0.717) is 11.9 Å². The van der Waals surface area contributed by atoms with Gasteiger partial charge in [0.05, 0.1) is 61.0 Å². The Kier molecular flexibility index (Phi) is 11.6. The van der Waals surface area contributed by atoms with Crippen molar-refractivity contribution in [2.45, 2.75) is 0 Å². The molecule has 0 aliphatic heterocycles. The third-order valence-electron chi connectivity index (χ3n) is 22.3. The minimum Gasteiger partial charge on any atom is -0.454 e. The summed E-state index contributed by atoms with van der Waals surface area (Å²) in [6, 6.07) is 117. The number of rotatable bonds is 7. The van der Waals surface area contributed by atoms with Gasteiger partial charge in [0.2, 0.25) is 11.9 Å². The van der Waals surface area contributed by atoms with E-state index in [1.807, 2.05) is 12.1 Å². The molecule has 10 heteroatoms. The van der Waals surface area contributed by atoms with E-state index in [0.717, 1.165) is 219 Å². The maximum absolute atomic E-state index is 7.14. The molecule has 0 N–H and O–H groups in total. The predicted octanol–water partition coefficient (Wildman–Crippen LogP) is 25.1. The Hall–Kier alpha value is -14.5. The molecule has 0 aliphatic rings. The van der Waals surface area contributed by atoms with Gasteiger partial charge >= 0.3 is 0 Å². The van der Waals surface area contributed by atoms with Gasteiger partial charge in [-0.2, -0.15) is 0 Å². The van der Waals surface area contributed by atoms with Crippen molar-refractivity contribution >= 4 is 174 Å². The maximum Gasteiger partial charge on any atom is 0.236 e. The van der Waals surface area contributed by atoms with Crippen molar-refractivity contribution in [1.29, 1.82) is 0 Å². The molecule has 0 bridgehead atoms. The first kappa shape index (κ1) is 57.2. The van der Waals surface area contributed by atoms with Crippen LogP contribution in [0.2, 0.25) is 0 Å². The predicted molar refractivity (Wildman–Crippen MR) is 436 cm³/mol. The zero-order valence-corrected chi connectivity index (χ0v) is 56.6. The summed E-state index contributed by atoms with van der Waals surface area (Å²) in [5.41, 5.74) is 20.4. The van der Waals surface area contributed by atoms with Gasteiger partial charge in [-0.15, -0.1) is 0 Å². The average Bonchev–Trinajstić information content (AvgIpc) is 1.52. The van der Waals surface area contributed by atoms with Crippen LogP contribution < -0.4 is 0 Å². The summed E-state index contributed by atoms with van der Waals surface area (Å²) in [5, 5.41) is 19.0. The number of para-hydroxylation sites is 7. The molecule has 24 aromatic rings. The monoisotopic (exact) mass is 1350 g/mol. The van der Waals surface area contributed by atoms with Gasteiger partial charge in [-0.05, 0) is 124 Å². The van der Waals surface area contributed by atoms with Gasteiger partial charge in [0, 0.05) is 97.9 Å². The molecule has 8 heterocycles. The van der Waals surface area contributed by atoms with Crippen molar-refractivity contribution < 1.29 is 8.83 Å². The van der Waals surface area contributed by atoms with E-state index in [9.17, 15) is 0 Å². The van der Waals surface area contributed by atoms with E-state index < -0.39 is 0 Å². The molecule has 0 saturated heterocycles. The number of aromatic nitrogens is 8. The highest BCUT2D eigenvalue weighted by Crippen LogP contribution is 2.51. The van der Waals surface area contributed by atoms with Crippen molar-refractivity contribution in [3.63, 3.8) is 0 Å². The number of hydrogen-bond donors (Lipinski definition) is 0. The van der Waals surface area contributed by atoms with Crippen molar-refractivity contribution in [3.8, 4) is 56.9 Å². The van der Waals surface area contributed by atoms with E-state index in [4.69, 9.17) is 28.8 Å². The van der Waals surface area contributed by atoms with Crippen LogP contribution in [0.1, 0.15) is 0 Å². The third-order valence-corrected chi connectivity index (χ3v) is 22.3. The molecular formula is C96H54N8O2. The van der Waals surface area contributed by atoms with Gasteiger partial charge in [0.1, 0.15) is 16.7 Å². The first-order valence-electron chi connectivity index (χ1n) is 35.9. The fraction of sp³-hybridized carbons (Fsp3) is 0. The second-order valence-corrected chi connectivity index (χ2v) is 27.9. The third kappa shape index (κ3) is 7.92. The number of hydrogen-bond acceptors (Lipinski definition) is 6. The van der Waals surface area contributed by atoms with E-state index in [1.54, 1.807) is 0 Å². The summed E-state index contributed by atoms with van der Waals surface area (Å²) in [6.45, 7) is 0. The lowest BCUT2D eigenvalue weighted by molar-refractivity contribution is 0.670. The molecule has 0 spiro atoms. The summed E-state index contributed by atoms with van der Waals surface area (Å²) < 4.78 is 23.8. The standard InChI is InChI=1S/C96H54N8O2/c1-3-26-60(27-4-1)101-80-38-17-12-31-63(80)67-45-46-68-69-47-49-72-65-33-15-20-41-83(65)106-94(72)91(69)104(88(68)87(67)101)96-98-79-51-44-58(53-77(79)85(99-96)59-43-42-55-22-7-8-24-57(55)52-59)75-54-76-70-48-50-71-64-32-14-19-40-82(64)105-93(71)90(70)102(61-28-5-2-6-29-61)89(76)92-84(75)74-35-13-18-39-81(74)103(92)95-97-78-37-16-11-34-73(78)86(100-95)66-36-21-25-56-23-9-10-30-62(56)66/h1-54H. The lowest BCUT2D eigenvalue weighted by Gasteiger charge is -2.16. The minimum absolute atomic E-state index is 0.518. The van der Waals surface area contributed by atoms with Gasteiger partial charge in [0.15, 0.2) is 11.2 Å². The second-order valence-electron chi connectivity index (χ2n) is 27.9. The van der Waals surface area contributed by atoms with Gasteiger partial charge in [-0.25, -0.2) is 19.9 Å². The normalized spacial score (nSPS) is 12.3. The van der Waals surface area contributed by atoms with E-state index >= 15 is 0 Å². The molecule has 0 radical (unpaired) electrons. The van der Waals surface area contributed by atoms with Gasteiger partial charge in [-0.1, -0.05) is 237 Å². The average molecular weight is 1350 g/mol. The Morgan fingerprint density at radius 1 is 0.226 bits per heavy atom. The first-order chi connectivity index (χ1) is 52.6. The largest absolute Gasteiger partial charge is 0.454 e. The Bertz CT molecular complexity index is 7960. The number of furan rings is 2. The summed E-state index contributed by atoms with van der Waals surface area (Å²) in [6.07, 6.45) is 0. The highest BCUT2D eigenvalue weighted by molar-refractivity contribution is 6.32. The maximum atomic E-state index is 7.14. The minimum atomic E-state index is 0.518. The zero-order chi connectivity index (χ0) is 69.0. The molecule has 106 heavy (non-hydrogen) atoms. The molecule has 10 nitrogen and oxygen atoms in total. The van der Waals surface area contributed by atoms with Gasteiger partial charge in [0.25, 0.3) is 0 Å². The Morgan fingerprint density at radius 2 is 0.717 bits per heavy atom. The Labute approximate surface area is 602 Å². The fourth-order valence-electron chi connectivity index (χ4n) is 17.8. The van der Waals surface area contributed by atoms with Crippen LogP contribution in [-0.2, 0) is 0 Å². The van der Waals surface area contributed by atoms with Gasteiger partial charge < -0.3 is 18.0 Å². The summed E-state index contributed by atoms with van der Waals surface area (Å²) in [7, 11) is 0. The van der Waals surface area contributed by atoms with Crippen LogP contribution in [0.15, 0.2) is 336 Å². The SMILES string of the molecule is c1ccc(-n2c3ccccc3c3ccc4c5ccc6c7ccccc7oc6c5n(-c5nc(-c6ccc7ccccc7c6)c6cc(-c7cc8c9ccc%10c%11ccccc%11oc%10c9n(-c9ccccc9)c8c8c7c7ccccc7n8-c7nc(-c8cccc9ccccc89)c8ccccc8n7)ccc6n5)c4c32)cc1. The molecule has 0 amide bonds. The number of benzene rings is 16. The molecule has 24 rings (SSSR count). The molecule has 0 unspecified atom stereocenters. The van der Waals surface area contributed by atoms with Crippen molar-refractivity contribution in [3.05, 3.63) is 328 Å². The Balaban J connectivity index is 0.848. The van der Waals surface area contributed by atoms with Gasteiger partial charge in [-0.3, -0.25) is 9.13 Å². The van der Waals surface area contributed by atoms with Crippen LogP contribution in [0.3, 0.4) is 0 Å². The number of fused-ring (bicyclic) bond motifs is 26. The first-order valence-corrected chi connectivity index (χ1v) is 35.9. The summed E-state index contributed by atoms with van der Waals surface area (Å²) in [5.74, 6) is 1.07. The highest BCUT2D eigenvalue weighted by atomic mass is 16.3. The van der Waals surface area contributed by atoms with E-state index in [1.165, 1.54) is 0 Å². The summed E-state index contributed by atoms with van der Waals surface area (Å²) >= 11 is 0. The molecule has 8 aromatic heterocycles. The van der Waals surface area contributed by atoms with E-state index in [2.05, 4.69) is 334 Å². The second kappa shape index (κ2) is 21.5. The van der Waals surface area contributed by atoms with Crippen LogP contribution >= 0.6 is 0 Å². The van der Waals surface area contributed by atoms with Crippen LogP contribution in [0.25, 0.3) is 231 Å². The van der Waals surface area contributed by atoms with Crippen LogP contribution in [0.4, 0.5) is 0 Å². The molecule has 0 fully saturated rings. The van der Waals surface area contributed by atoms with Crippen molar-refractivity contribution in [2.24, 2.45) is 0 Å². The van der Waals surface area contributed by atoms with Crippen LogP contribution in [0.5, 0.6) is 0 Å². The summed E-state index contributed by atoms with van der Waals surface area (Å²) in [4.78, 5) is 23.5. The smallest absolute Gasteiger partial charge is 0.236 e. The van der Waals surface area contributed by atoms with Crippen molar-refractivity contribution in [1.82, 2.24) is 38.2 Å². The Morgan fingerprint density at radius 3 is 1.44 bits per heavy atom. The topological polar surface area (TPSA) is 97.6 Å². The fourth-order valence-corrected chi connectivity index (χ4v) is 17.8. The molecule has 0 atom stereocenters. The molecule has 0 saturated carbocycles. The molecular weight excluding hydrogens is 1300 g/mol. The lowest BCUT2D eigenvalue weighted by Crippen LogP contribution is -2.05. The quantitative estimate of drug-likeness (QED) is 0.158. The highest BCUT2D eigenvalue weighted by Gasteiger charge is 2.31. The number of nitrogens with zero attached hydrogens (tertiary/aromatic N) is 8. The molecule has 16 aromatic carbocycles.